The molecule has 1 unspecified atom stereocenters. The predicted octanol–water partition coefficient (Wildman–Crippen LogP) is 1.36. The van der Waals surface area contributed by atoms with E-state index in [0.29, 0.717) is 39.2 Å². The number of nitrogens with one attached hydrogen (secondary N) is 2. The van der Waals surface area contributed by atoms with Gasteiger partial charge in [0.15, 0.2) is 0 Å². The van der Waals surface area contributed by atoms with Gasteiger partial charge >= 0.3 is 0 Å². The number of amides is 1. The van der Waals surface area contributed by atoms with Gasteiger partial charge in [-0.1, -0.05) is 12.1 Å². The topological polar surface area (TPSA) is 59.6 Å². The number of morpholine rings is 1. The van der Waals surface area contributed by atoms with Gasteiger partial charge in [-0.15, -0.1) is 12.4 Å². The van der Waals surface area contributed by atoms with Gasteiger partial charge in [0.2, 0.25) is 0 Å². The van der Waals surface area contributed by atoms with Gasteiger partial charge in [-0.2, -0.15) is 0 Å². The highest BCUT2D eigenvalue weighted by Gasteiger charge is 2.38. The van der Waals surface area contributed by atoms with Crippen molar-refractivity contribution in [2.24, 2.45) is 0 Å². The van der Waals surface area contributed by atoms with E-state index in [0.717, 1.165) is 12.1 Å². The van der Waals surface area contributed by atoms with Gasteiger partial charge in [0.05, 0.1) is 12.1 Å². The Kier molecular flexibility index (Phi) is 6.35. The van der Waals surface area contributed by atoms with Crippen molar-refractivity contribution in [3.63, 3.8) is 0 Å². The number of benzene rings is 1. The number of rotatable bonds is 3. The van der Waals surface area contributed by atoms with Gasteiger partial charge in [0.25, 0.3) is 5.91 Å². The monoisotopic (exact) mass is 344 g/mol. The Balaban J connectivity index is 0.00000192. The molecule has 0 aliphatic carbocycles. The first-order valence-electron chi connectivity index (χ1n) is 7.68. The van der Waals surface area contributed by atoms with Crippen LogP contribution in [-0.2, 0) is 19.8 Å². The number of hydrogen-bond donors (Lipinski definition) is 2. The van der Waals surface area contributed by atoms with Crippen molar-refractivity contribution >= 4 is 18.3 Å². The third-order valence-electron chi connectivity index (χ3n) is 4.31. The second-order valence-electron chi connectivity index (χ2n) is 5.76. The maximum Gasteiger partial charge on any atom is 0.251 e. The van der Waals surface area contributed by atoms with E-state index in [1.807, 2.05) is 6.07 Å². The summed E-state index contributed by atoms with van der Waals surface area (Å²) in [5, 5.41) is 6.24. The van der Waals surface area contributed by atoms with Crippen molar-refractivity contribution in [3.8, 4) is 0 Å². The average molecular weight is 345 g/mol. The van der Waals surface area contributed by atoms with Crippen molar-refractivity contribution in [2.45, 2.75) is 24.5 Å². The molecule has 3 rings (SSSR count). The molecule has 1 aromatic carbocycles. The lowest BCUT2D eigenvalue weighted by molar-refractivity contribution is -0.137. The molecule has 1 atom stereocenters. The molecule has 7 heteroatoms. The molecule has 0 radical (unpaired) electrons. The summed E-state index contributed by atoms with van der Waals surface area (Å²) in [6, 6.07) is 6.43. The normalized spacial score (nSPS) is 23.6. The molecule has 0 bridgehead atoms. The lowest BCUT2D eigenvalue weighted by Crippen LogP contribution is -2.56. The van der Waals surface area contributed by atoms with Crippen LogP contribution in [0.25, 0.3) is 0 Å². The fraction of sp³-hybridized carbons (Fsp3) is 0.562. The van der Waals surface area contributed by atoms with Crippen molar-refractivity contribution in [1.29, 1.82) is 0 Å². The van der Waals surface area contributed by atoms with Gasteiger partial charge in [-0.3, -0.25) is 4.79 Å². The minimum atomic E-state index is -0.585. The minimum absolute atomic E-state index is 0. The van der Waals surface area contributed by atoms with E-state index in [4.69, 9.17) is 9.47 Å². The number of carbonyl (C=O) groups excluding carboxylic acids is 1. The van der Waals surface area contributed by atoms with Gasteiger partial charge in [0.1, 0.15) is 11.9 Å². The van der Waals surface area contributed by atoms with Gasteiger partial charge in [-0.05, 0) is 30.5 Å². The Morgan fingerprint density at radius 2 is 2.09 bits per heavy atom. The first-order valence-corrected chi connectivity index (χ1v) is 7.68. The summed E-state index contributed by atoms with van der Waals surface area (Å²) in [5.74, 6) is -0.452. The van der Waals surface area contributed by atoms with Crippen molar-refractivity contribution < 1.29 is 18.7 Å². The Bertz CT molecular complexity index is 532. The molecule has 2 heterocycles. The molecule has 128 valence electrons. The Morgan fingerprint density at radius 1 is 1.30 bits per heavy atom. The maximum absolute atomic E-state index is 13.6. The lowest BCUT2D eigenvalue weighted by Gasteiger charge is -2.39. The second-order valence-corrected chi connectivity index (χ2v) is 5.76. The summed E-state index contributed by atoms with van der Waals surface area (Å²) in [4.78, 5) is 12.5. The van der Waals surface area contributed by atoms with Gasteiger partial charge in [-0.25, -0.2) is 4.39 Å². The van der Waals surface area contributed by atoms with Crippen molar-refractivity contribution in [2.75, 3.05) is 32.9 Å². The molecule has 5 nitrogen and oxygen atoms in total. The molecular weight excluding hydrogens is 323 g/mol. The van der Waals surface area contributed by atoms with Crippen LogP contribution < -0.4 is 10.6 Å². The fourth-order valence-corrected chi connectivity index (χ4v) is 3.04. The maximum atomic E-state index is 13.6. The highest BCUT2D eigenvalue weighted by molar-refractivity contribution is 5.85. The summed E-state index contributed by atoms with van der Waals surface area (Å²) in [7, 11) is 0. The number of ether oxygens (including phenoxy) is 2. The van der Waals surface area contributed by atoms with Crippen molar-refractivity contribution in [3.05, 3.63) is 35.6 Å². The minimum Gasteiger partial charge on any atom is -0.381 e. The van der Waals surface area contributed by atoms with E-state index >= 15 is 0 Å². The molecule has 2 aliphatic rings. The molecule has 23 heavy (non-hydrogen) atoms. The van der Waals surface area contributed by atoms with Crippen LogP contribution in [0.4, 0.5) is 4.39 Å². The van der Waals surface area contributed by atoms with Crippen LogP contribution in [0.2, 0.25) is 0 Å². The van der Waals surface area contributed by atoms with Gasteiger partial charge in [0, 0.05) is 26.3 Å². The van der Waals surface area contributed by atoms with E-state index in [2.05, 4.69) is 10.6 Å². The number of hydrogen-bond acceptors (Lipinski definition) is 4. The van der Waals surface area contributed by atoms with Crippen molar-refractivity contribution in [1.82, 2.24) is 10.6 Å². The molecule has 2 fully saturated rings. The Labute approximate surface area is 141 Å². The van der Waals surface area contributed by atoms with E-state index in [-0.39, 0.29) is 24.1 Å². The molecule has 2 N–H and O–H groups in total. The zero-order chi connectivity index (χ0) is 15.4. The first kappa shape index (κ1) is 18.1. The summed E-state index contributed by atoms with van der Waals surface area (Å²) in [5.41, 5.74) is 0.200. The summed E-state index contributed by atoms with van der Waals surface area (Å²) >= 11 is 0. The third kappa shape index (κ3) is 4.20. The van der Waals surface area contributed by atoms with Crippen LogP contribution in [0.3, 0.4) is 0 Å². The lowest BCUT2D eigenvalue weighted by atomic mass is 9.82. The average Bonchev–Trinajstić information content (AvgIpc) is 2.56. The van der Waals surface area contributed by atoms with Crippen LogP contribution in [0, 0.1) is 5.82 Å². The van der Waals surface area contributed by atoms with E-state index in [9.17, 15) is 9.18 Å². The zero-order valence-corrected chi connectivity index (χ0v) is 13.7. The van der Waals surface area contributed by atoms with E-state index in [1.165, 1.54) is 12.1 Å². The summed E-state index contributed by atoms with van der Waals surface area (Å²) in [6.07, 6.45) is 0.757. The largest absolute Gasteiger partial charge is 0.381 e. The SMILES string of the molecule is Cl.O=C(NC1(c2cccc(F)c2)CCOCC1)C1CNCCO1. The van der Waals surface area contributed by atoms with Gasteiger partial charge < -0.3 is 20.1 Å². The molecule has 0 saturated carbocycles. The molecule has 2 saturated heterocycles. The fourth-order valence-electron chi connectivity index (χ4n) is 3.04. The molecule has 1 amide bonds. The smallest absolute Gasteiger partial charge is 0.251 e. The molecule has 0 spiro atoms. The number of halogens is 2. The van der Waals surface area contributed by atoms with Crippen LogP contribution in [-0.4, -0.2) is 44.9 Å². The quantitative estimate of drug-likeness (QED) is 0.869. The Morgan fingerprint density at radius 3 is 2.74 bits per heavy atom. The van der Waals surface area contributed by atoms with E-state index in [1.54, 1.807) is 6.07 Å². The standard InChI is InChI=1S/C16H21FN2O3.ClH/c17-13-3-1-2-12(10-13)16(4-7-21-8-5-16)19-15(20)14-11-18-6-9-22-14;/h1-3,10,14,18H,4-9,11H2,(H,19,20);1H. The third-order valence-corrected chi connectivity index (χ3v) is 4.31. The molecule has 0 aromatic heterocycles. The van der Waals surface area contributed by atoms with Crippen LogP contribution in [0.5, 0.6) is 0 Å². The molecular formula is C16H22ClFN2O3. The first-order chi connectivity index (χ1) is 10.7. The molecule has 1 aromatic rings. The second kappa shape index (κ2) is 8.06. The van der Waals surface area contributed by atoms with Crippen LogP contribution >= 0.6 is 12.4 Å². The predicted molar refractivity (Wildman–Crippen MR) is 86.1 cm³/mol. The summed E-state index contributed by atoms with van der Waals surface area (Å²) < 4.78 is 24.5. The van der Waals surface area contributed by atoms with Crippen LogP contribution in [0.1, 0.15) is 18.4 Å². The number of carbonyl (C=O) groups is 1. The highest BCUT2D eigenvalue weighted by atomic mass is 35.5. The van der Waals surface area contributed by atoms with E-state index < -0.39 is 11.6 Å². The van der Waals surface area contributed by atoms with Crippen LogP contribution in [0.15, 0.2) is 24.3 Å². The zero-order valence-electron chi connectivity index (χ0n) is 12.8. The summed E-state index contributed by atoms with van der Waals surface area (Å²) in [6.45, 7) is 2.86. The Hall–Kier alpha value is -1.21. The highest BCUT2D eigenvalue weighted by Crippen LogP contribution is 2.32. The molecule has 2 aliphatic heterocycles.